The van der Waals surface area contributed by atoms with Gasteiger partial charge in [-0.25, -0.2) is 4.98 Å². The Kier molecular flexibility index (Phi) is 3.50. The predicted molar refractivity (Wildman–Crippen MR) is 89.0 cm³/mol. The quantitative estimate of drug-likeness (QED) is 0.401. The van der Waals surface area contributed by atoms with Gasteiger partial charge >= 0.3 is 6.36 Å². The number of fused-ring (bicyclic) bond motifs is 3. The second-order valence-corrected chi connectivity index (χ2v) is 5.83. The first-order chi connectivity index (χ1) is 12.3. The Morgan fingerprint density at radius 1 is 1.12 bits per heavy atom. The van der Waals surface area contributed by atoms with Gasteiger partial charge in [0, 0.05) is 18.7 Å². The first-order valence-corrected chi connectivity index (χ1v) is 7.67. The minimum Gasteiger partial charge on any atom is -0.618 e. The molecule has 2 heterocycles. The third kappa shape index (κ3) is 2.79. The number of benzene rings is 2. The van der Waals surface area contributed by atoms with Crippen LogP contribution in [0.5, 0.6) is 5.75 Å². The molecule has 0 atom stereocenters. The van der Waals surface area contributed by atoms with Crippen LogP contribution in [0.2, 0.25) is 0 Å². The fourth-order valence-corrected chi connectivity index (χ4v) is 2.90. The minimum atomic E-state index is -4.73. The van der Waals surface area contributed by atoms with E-state index in [0.717, 1.165) is 15.6 Å². The Morgan fingerprint density at radius 3 is 2.54 bits per heavy atom. The highest BCUT2D eigenvalue weighted by molar-refractivity contribution is 6.03. The number of halogens is 3. The summed E-state index contributed by atoms with van der Waals surface area (Å²) in [5.74, 6) is -0.293. The molecule has 0 amide bonds. The van der Waals surface area contributed by atoms with Crippen LogP contribution >= 0.6 is 0 Å². The van der Waals surface area contributed by atoms with Crippen molar-refractivity contribution in [2.45, 2.75) is 13.3 Å². The standard InChI is InChI=1S/C18H12F3N3O2/c1-11-8-12-2-7-16-17(15(12)9-24(11)25)22-10-23(16)13-3-5-14(6-4-13)26-18(19,20)21/h2-10H,1H3. The van der Waals surface area contributed by atoms with Gasteiger partial charge in [0.25, 0.3) is 0 Å². The van der Waals surface area contributed by atoms with Gasteiger partial charge in [0.1, 0.15) is 17.6 Å². The Morgan fingerprint density at radius 2 is 1.85 bits per heavy atom. The SMILES string of the molecule is Cc1cc2ccc3c(ncn3-c3ccc(OC(F)(F)F)cc3)c2c[n+]1[O-]. The molecule has 4 rings (SSSR count). The molecule has 0 aliphatic carbocycles. The van der Waals surface area contributed by atoms with Gasteiger partial charge in [-0.2, -0.15) is 4.73 Å². The Hall–Kier alpha value is -3.29. The van der Waals surface area contributed by atoms with Crippen molar-refractivity contribution < 1.29 is 22.6 Å². The summed E-state index contributed by atoms with van der Waals surface area (Å²) in [5, 5.41) is 13.5. The second-order valence-electron chi connectivity index (χ2n) is 5.83. The molecule has 2 aromatic heterocycles. The Bertz CT molecular complexity index is 1120. The molecule has 0 saturated heterocycles. The molecule has 0 fully saturated rings. The van der Waals surface area contributed by atoms with E-state index < -0.39 is 6.36 Å². The van der Waals surface area contributed by atoms with Crippen molar-refractivity contribution in [2.24, 2.45) is 0 Å². The van der Waals surface area contributed by atoms with Gasteiger partial charge in [0.2, 0.25) is 0 Å². The highest BCUT2D eigenvalue weighted by atomic mass is 19.4. The molecular weight excluding hydrogens is 347 g/mol. The normalized spacial score (nSPS) is 12.0. The first-order valence-electron chi connectivity index (χ1n) is 7.67. The highest BCUT2D eigenvalue weighted by Gasteiger charge is 2.31. The van der Waals surface area contributed by atoms with Gasteiger partial charge < -0.3 is 9.94 Å². The van der Waals surface area contributed by atoms with Crippen LogP contribution in [-0.4, -0.2) is 15.9 Å². The number of nitrogens with zero attached hydrogens (tertiary/aromatic N) is 3. The van der Waals surface area contributed by atoms with E-state index in [4.69, 9.17) is 0 Å². The van der Waals surface area contributed by atoms with Gasteiger partial charge in [-0.05, 0) is 35.7 Å². The van der Waals surface area contributed by atoms with Crippen LogP contribution in [0.15, 0.2) is 55.0 Å². The molecule has 0 saturated carbocycles. The van der Waals surface area contributed by atoms with Crippen molar-refractivity contribution in [3.8, 4) is 11.4 Å². The summed E-state index contributed by atoms with van der Waals surface area (Å²) in [6, 6.07) is 11.0. The maximum Gasteiger partial charge on any atom is 0.573 e. The average molecular weight is 359 g/mol. The van der Waals surface area contributed by atoms with Gasteiger partial charge in [0.05, 0.1) is 10.9 Å². The van der Waals surface area contributed by atoms with E-state index >= 15 is 0 Å². The van der Waals surface area contributed by atoms with E-state index in [9.17, 15) is 18.4 Å². The smallest absolute Gasteiger partial charge is 0.573 e. The zero-order valence-electron chi connectivity index (χ0n) is 13.5. The molecule has 0 unspecified atom stereocenters. The predicted octanol–water partition coefficient (Wildman–Crippen LogP) is 4.02. The molecule has 132 valence electrons. The lowest BCUT2D eigenvalue weighted by Gasteiger charge is -2.10. The van der Waals surface area contributed by atoms with E-state index in [1.54, 1.807) is 23.9 Å². The average Bonchev–Trinajstić information content (AvgIpc) is 3.00. The van der Waals surface area contributed by atoms with E-state index in [0.29, 0.717) is 22.3 Å². The lowest BCUT2D eigenvalue weighted by molar-refractivity contribution is -0.610. The number of alkyl halides is 3. The summed E-state index contributed by atoms with van der Waals surface area (Å²) in [7, 11) is 0. The third-order valence-corrected chi connectivity index (χ3v) is 4.10. The number of aromatic nitrogens is 3. The molecule has 0 radical (unpaired) electrons. The van der Waals surface area contributed by atoms with Crippen LogP contribution in [0, 0.1) is 12.1 Å². The van der Waals surface area contributed by atoms with E-state index in [1.807, 2.05) is 12.1 Å². The molecule has 0 aliphatic heterocycles. The van der Waals surface area contributed by atoms with Gasteiger partial charge in [0.15, 0.2) is 11.9 Å². The number of rotatable bonds is 2. The molecule has 26 heavy (non-hydrogen) atoms. The Labute approximate surface area is 145 Å². The van der Waals surface area contributed by atoms with Crippen LogP contribution in [0.25, 0.3) is 27.5 Å². The molecular formula is C18H12F3N3O2. The lowest BCUT2D eigenvalue weighted by atomic mass is 10.1. The molecule has 0 bridgehead atoms. The second kappa shape index (κ2) is 5.62. The molecule has 5 nitrogen and oxygen atoms in total. The first kappa shape index (κ1) is 16.2. The number of aryl methyl sites for hydroxylation is 1. The maximum atomic E-state index is 12.3. The van der Waals surface area contributed by atoms with E-state index in [2.05, 4.69) is 9.72 Å². The molecule has 0 aliphatic rings. The van der Waals surface area contributed by atoms with Crippen LogP contribution in [0.3, 0.4) is 0 Å². The number of ether oxygens (including phenoxy) is 1. The third-order valence-electron chi connectivity index (χ3n) is 4.10. The summed E-state index contributed by atoms with van der Waals surface area (Å²) in [4.78, 5) is 4.38. The summed E-state index contributed by atoms with van der Waals surface area (Å²) >= 11 is 0. The molecule has 8 heteroatoms. The van der Waals surface area contributed by atoms with Gasteiger partial charge in [-0.1, -0.05) is 6.07 Å². The van der Waals surface area contributed by atoms with Crippen molar-refractivity contribution in [3.05, 3.63) is 65.9 Å². The van der Waals surface area contributed by atoms with Crippen molar-refractivity contribution in [1.82, 2.24) is 9.55 Å². The maximum absolute atomic E-state index is 12.3. The van der Waals surface area contributed by atoms with Crippen LogP contribution in [0.4, 0.5) is 13.2 Å². The fourth-order valence-electron chi connectivity index (χ4n) is 2.90. The summed E-state index contributed by atoms with van der Waals surface area (Å²) in [5.41, 5.74) is 2.59. The van der Waals surface area contributed by atoms with Crippen molar-refractivity contribution in [3.63, 3.8) is 0 Å². The molecule has 4 aromatic rings. The highest BCUT2D eigenvalue weighted by Crippen LogP contribution is 2.28. The fraction of sp³-hybridized carbons (Fsp3) is 0.111. The van der Waals surface area contributed by atoms with Crippen LogP contribution < -0.4 is 9.47 Å². The minimum absolute atomic E-state index is 0.293. The van der Waals surface area contributed by atoms with Crippen molar-refractivity contribution in [1.29, 1.82) is 0 Å². The van der Waals surface area contributed by atoms with Gasteiger partial charge in [-0.3, -0.25) is 4.57 Å². The molecule has 0 spiro atoms. The molecule has 2 aromatic carbocycles. The lowest BCUT2D eigenvalue weighted by Crippen LogP contribution is -2.28. The Balaban J connectivity index is 1.80. The zero-order chi connectivity index (χ0) is 18.5. The van der Waals surface area contributed by atoms with Crippen molar-refractivity contribution >= 4 is 21.8 Å². The monoisotopic (exact) mass is 359 g/mol. The van der Waals surface area contributed by atoms with E-state index in [1.165, 1.54) is 30.5 Å². The number of hydrogen-bond donors (Lipinski definition) is 0. The van der Waals surface area contributed by atoms with Crippen LogP contribution in [0.1, 0.15) is 5.69 Å². The topological polar surface area (TPSA) is 54.0 Å². The van der Waals surface area contributed by atoms with E-state index in [-0.39, 0.29) is 5.75 Å². The van der Waals surface area contributed by atoms with Gasteiger partial charge in [-0.15, -0.1) is 13.2 Å². The zero-order valence-corrected chi connectivity index (χ0v) is 13.5. The van der Waals surface area contributed by atoms with Crippen LogP contribution in [-0.2, 0) is 0 Å². The number of pyridine rings is 1. The van der Waals surface area contributed by atoms with Crippen molar-refractivity contribution in [2.75, 3.05) is 0 Å². The summed E-state index contributed by atoms with van der Waals surface area (Å²) in [6.07, 6.45) is -1.68. The largest absolute Gasteiger partial charge is 0.618 e. The number of hydrogen-bond acceptors (Lipinski definition) is 3. The summed E-state index contributed by atoms with van der Waals surface area (Å²) < 4.78 is 43.2. The summed E-state index contributed by atoms with van der Waals surface area (Å²) in [6.45, 7) is 1.72. The number of imidazole rings is 1. The molecule has 0 N–H and O–H groups in total.